The number of unbranched alkanes of at least 4 members (excludes halogenated alkanes) is 5. The van der Waals surface area contributed by atoms with Crippen LogP contribution in [0.25, 0.3) is 10.9 Å². The highest BCUT2D eigenvalue weighted by Gasteiger charge is 2.11. The van der Waals surface area contributed by atoms with Gasteiger partial charge in [-0.3, -0.25) is 4.98 Å². The number of hydrogen-bond acceptors (Lipinski definition) is 4. The average molecular weight is 317 g/mol. The van der Waals surface area contributed by atoms with Gasteiger partial charge in [0.05, 0.1) is 25.8 Å². The van der Waals surface area contributed by atoms with Gasteiger partial charge in [0, 0.05) is 17.1 Å². The van der Waals surface area contributed by atoms with Crippen LogP contribution in [0.4, 0.5) is 0 Å². The van der Waals surface area contributed by atoms with E-state index in [1.54, 1.807) is 13.3 Å². The molecule has 0 unspecified atom stereocenters. The molecule has 4 heteroatoms. The van der Waals surface area contributed by atoms with Crippen LogP contribution in [0.2, 0.25) is 0 Å². The topological polar surface area (TPSA) is 51.6 Å². The molecule has 126 valence electrons. The fourth-order valence-electron chi connectivity index (χ4n) is 2.66. The summed E-state index contributed by atoms with van der Waals surface area (Å²) in [6.45, 7) is 2.81. The summed E-state index contributed by atoms with van der Waals surface area (Å²) < 4.78 is 11.3. The molecule has 4 nitrogen and oxygen atoms in total. The minimum absolute atomic E-state index is 0.0774. The van der Waals surface area contributed by atoms with E-state index in [4.69, 9.17) is 9.47 Å². The molecular weight excluding hydrogens is 290 g/mol. The Morgan fingerprint density at radius 1 is 1.09 bits per heavy atom. The van der Waals surface area contributed by atoms with E-state index < -0.39 is 0 Å². The van der Waals surface area contributed by atoms with Crippen molar-refractivity contribution < 1.29 is 14.6 Å². The molecule has 2 rings (SSSR count). The van der Waals surface area contributed by atoms with E-state index in [1.165, 1.54) is 32.1 Å². The Morgan fingerprint density at radius 2 is 1.87 bits per heavy atom. The van der Waals surface area contributed by atoms with Crippen molar-refractivity contribution in [3.05, 3.63) is 30.0 Å². The summed E-state index contributed by atoms with van der Waals surface area (Å²) in [6, 6.07) is 5.70. The molecule has 0 fully saturated rings. The van der Waals surface area contributed by atoms with E-state index in [-0.39, 0.29) is 6.61 Å². The van der Waals surface area contributed by atoms with E-state index in [2.05, 4.69) is 11.9 Å². The Balaban J connectivity index is 2.05. The van der Waals surface area contributed by atoms with Crippen LogP contribution in [0.1, 0.15) is 51.0 Å². The normalized spacial score (nSPS) is 10.9. The Labute approximate surface area is 138 Å². The number of rotatable bonds is 10. The summed E-state index contributed by atoms with van der Waals surface area (Å²) in [7, 11) is 1.64. The fourth-order valence-corrected chi connectivity index (χ4v) is 2.66. The maximum Gasteiger partial charge on any atom is 0.135 e. The van der Waals surface area contributed by atoms with Gasteiger partial charge < -0.3 is 14.6 Å². The maximum absolute atomic E-state index is 9.55. The van der Waals surface area contributed by atoms with Crippen LogP contribution in [-0.2, 0) is 6.61 Å². The number of nitrogens with zero attached hydrogens (tertiary/aromatic N) is 1. The highest BCUT2D eigenvalue weighted by molar-refractivity contribution is 5.87. The Kier molecular flexibility index (Phi) is 7.14. The van der Waals surface area contributed by atoms with E-state index in [1.807, 2.05) is 18.2 Å². The monoisotopic (exact) mass is 317 g/mol. The zero-order valence-corrected chi connectivity index (χ0v) is 14.2. The smallest absolute Gasteiger partial charge is 0.135 e. The molecule has 0 bridgehead atoms. The summed E-state index contributed by atoms with van der Waals surface area (Å²) in [5, 5.41) is 10.4. The van der Waals surface area contributed by atoms with Crippen LogP contribution >= 0.6 is 0 Å². The van der Waals surface area contributed by atoms with Gasteiger partial charge in [-0.15, -0.1) is 0 Å². The molecule has 2 aromatic rings. The third-order valence-corrected chi connectivity index (χ3v) is 4.01. The molecule has 0 saturated heterocycles. The third-order valence-electron chi connectivity index (χ3n) is 4.01. The van der Waals surface area contributed by atoms with Crippen LogP contribution < -0.4 is 9.47 Å². The van der Waals surface area contributed by atoms with Crippen LogP contribution in [0.15, 0.2) is 24.4 Å². The van der Waals surface area contributed by atoms with Crippen molar-refractivity contribution in [2.24, 2.45) is 0 Å². The first-order chi connectivity index (χ1) is 11.3. The summed E-state index contributed by atoms with van der Waals surface area (Å²) in [6.07, 6.45) is 9.03. The number of ether oxygens (including phenoxy) is 2. The van der Waals surface area contributed by atoms with Crippen LogP contribution in [-0.4, -0.2) is 23.8 Å². The summed E-state index contributed by atoms with van der Waals surface area (Å²) in [5.41, 5.74) is 1.57. The van der Waals surface area contributed by atoms with Gasteiger partial charge >= 0.3 is 0 Å². The molecule has 1 N–H and O–H groups in total. The second-order valence-corrected chi connectivity index (χ2v) is 5.77. The average Bonchev–Trinajstić information content (AvgIpc) is 2.60. The lowest BCUT2D eigenvalue weighted by atomic mass is 10.1. The highest BCUT2D eigenvalue weighted by atomic mass is 16.5. The Bertz CT molecular complexity index is 608. The third kappa shape index (κ3) is 4.83. The zero-order chi connectivity index (χ0) is 16.5. The van der Waals surface area contributed by atoms with Crippen LogP contribution in [0.3, 0.4) is 0 Å². The molecule has 0 aliphatic heterocycles. The van der Waals surface area contributed by atoms with Gasteiger partial charge in [-0.2, -0.15) is 0 Å². The molecule has 0 spiro atoms. The quantitative estimate of drug-likeness (QED) is 0.657. The summed E-state index contributed by atoms with van der Waals surface area (Å²) in [5.74, 6) is 1.49. The van der Waals surface area contributed by atoms with Crippen molar-refractivity contribution >= 4 is 10.9 Å². The first-order valence-corrected chi connectivity index (χ1v) is 8.49. The zero-order valence-electron chi connectivity index (χ0n) is 14.2. The number of hydrogen-bond donors (Lipinski definition) is 1. The van der Waals surface area contributed by atoms with E-state index in [9.17, 15) is 5.11 Å². The summed E-state index contributed by atoms with van der Waals surface area (Å²) >= 11 is 0. The lowest BCUT2D eigenvalue weighted by Crippen LogP contribution is -2.02. The number of aliphatic hydroxyl groups excluding tert-OH is 1. The Hall–Kier alpha value is -1.81. The Morgan fingerprint density at radius 3 is 2.61 bits per heavy atom. The molecule has 0 amide bonds. The predicted octanol–water partition coefficient (Wildman–Crippen LogP) is 4.48. The van der Waals surface area contributed by atoms with Gasteiger partial charge in [-0.25, -0.2) is 0 Å². The molecule has 0 aliphatic rings. The van der Waals surface area contributed by atoms with Crippen molar-refractivity contribution in [3.8, 4) is 11.5 Å². The second-order valence-electron chi connectivity index (χ2n) is 5.77. The number of pyridine rings is 1. The second kappa shape index (κ2) is 9.36. The van der Waals surface area contributed by atoms with Gasteiger partial charge in [-0.05, 0) is 24.6 Å². The number of benzene rings is 1. The van der Waals surface area contributed by atoms with Crippen molar-refractivity contribution in [2.45, 2.75) is 52.1 Å². The van der Waals surface area contributed by atoms with Gasteiger partial charge in [0.1, 0.15) is 11.5 Å². The van der Waals surface area contributed by atoms with E-state index >= 15 is 0 Å². The van der Waals surface area contributed by atoms with Crippen LogP contribution in [0.5, 0.6) is 11.5 Å². The standard InChI is InChI=1S/C19H27NO3/c1-3-4-5-6-7-8-11-23-19-15(14-21)13-20-18-10-9-16(22-2)12-17(18)19/h9-10,12-13,21H,3-8,11,14H2,1-2H3. The largest absolute Gasteiger partial charge is 0.497 e. The molecule has 0 atom stereocenters. The molecule has 1 aromatic heterocycles. The molecule has 23 heavy (non-hydrogen) atoms. The first kappa shape index (κ1) is 17.5. The summed E-state index contributed by atoms with van der Waals surface area (Å²) in [4.78, 5) is 4.37. The van der Waals surface area contributed by atoms with Crippen molar-refractivity contribution in [1.82, 2.24) is 4.98 Å². The van der Waals surface area contributed by atoms with Crippen molar-refractivity contribution in [2.75, 3.05) is 13.7 Å². The van der Waals surface area contributed by atoms with E-state index in [0.717, 1.165) is 34.4 Å². The number of aromatic nitrogens is 1. The predicted molar refractivity (Wildman–Crippen MR) is 93.1 cm³/mol. The molecular formula is C19H27NO3. The van der Waals surface area contributed by atoms with Gasteiger partial charge in [0.25, 0.3) is 0 Å². The number of fused-ring (bicyclic) bond motifs is 1. The molecule has 1 heterocycles. The van der Waals surface area contributed by atoms with E-state index in [0.29, 0.717) is 6.61 Å². The van der Waals surface area contributed by atoms with Gasteiger partial charge in [0.15, 0.2) is 0 Å². The lowest BCUT2D eigenvalue weighted by molar-refractivity contribution is 0.261. The van der Waals surface area contributed by atoms with Crippen molar-refractivity contribution in [3.63, 3.8) is 0 Å². The maximum atomic E-state index is 9.55. The SMILES string of the molecule is CCCCCCCCOc1c(CO)cnc2ccc(OC)cc12. The lowest BCUT2D eigenvalue weighted by Gasteiger charge is -2.13. The van der Waals surface area contributed by atoms with Gasteiger partial charge in [0.2, 0.25) is 0 Å². The molecule has 0 aliphatic carbocycles. The number of methoxy groups -OCH3 is 1. The van der Waals surface area contributed by atoms with Crippen LogP contribution in [0, 0.1) is 0 Å². The highest BCUT2D eigenvalue weighted by Crippen LogP contribution is 2.31. The number of aliphatic hydroxyl groups is 1. The minimum atomic E-state index is -0.0774. The minimum Gasteiger partial charge on any atom is -0.497 e. The molecule has 1 aromatic carbocycles. The van der Waals surface area contributed by atoms with Crippen molar-refractivity contribution in [1.29, 1.82) is 0 Å². The molecule has 0 radical (unpaired) electrons. The fraction of sp³-hybridized carbons (Fsp3) is 0.526. The first-order valence-electron chi connectivity index (χ1n) is 8.49. The van der Waals surface area contributed by atoms with Gasteiger partial charge in [-0.1, -0.05) is 39.0 Å². The molecule has 0 saturated carbocycles.